The number of nitrogens with one attached hydrogen (secondary N) is 1. The van der Waals surface area contributed by atoms with Crippen molar-refractivity contribution in [2.75, 3.05) is 0 Å². The summed E-state index contributed by atoms with van der Waals surface area (Å²) < 4.78 is 26.4. The van der Waals surface area contributed by atoms with Gasteiger partial charge in [0.15, 0.2) is 0 Å². The fourth-order valence-corrected chi connectivity index (χ4v) is 2.93. The SMILES string of the molecule is Cc1cc(S(=O)(=O)NC(C)CC(N)=O)ccc1C#N. The third-order valence-electron chi connectivity index (χ3n) is 2.49. The molecule has 0 aliphatic heterocycles. The van der Waals surface area contributed by atoms with Gasteiger partial charge in [0, 0.05) is 12.5 Å². The maximum Gasteiger partial charge on any atom is 0.240 e. The summed E-state index contributed by atoms with van der Waals surface area (Å²) in [5, 5.41) is 8.79. The highest BCUT2D eigenvalue weighted by atomic mass is 32.2. The Morgan fingerprint density at radius 1 is 1.53 bits per heavy atom. The summed E-state index contributed by atoms with van der Waals surface area (Å²) in [6.45, 7) is 3.21. The fourth-order valence-electron chi connectivity index (χ4n) is 1.61. The van der Waals surface area contributed by atoms with Gasteiger partial charge in [-0.3, -0.25) is 4.79 Å². The molecule has 0 fully saturated rings. The van der Waals surface area contributed by atoms with E-state index in [0.717, 1.165) is 0 Å². The molecule has 0 aromatic heterocycles. The summed E-state index contributed by atoms with van der Waals surface area (Å²) in [6, 6.07) is 5.59. The molecule has 1 aromatic rings. The molecule has 1 rings (SSSR count). The van der Waals surface area contributed by atoms with Gasteiger partial charge in [-0.1, -0.05) is 0 Å². The third kappa shape index (κ3) is 4.05. The largest absolute Gasteiger partial charge is 0.370 e. The van der Waals surface area contributed by atoms with E-state index in [1.807, 2.05) is 6.07 Å². The van der Waals surface area contributed by atoms with E-state index in [0.29, 0.717) is 11.1 Å². The number of benzene rings is 1. The zero-order chi connectivity index (χ0) is 14.6. The average Bonchev–Trinajstić information content (AvgIpc) is 2.26. The van der Waals surface area contributed by atoms with Crippen molar-refractivity contribution in [3.8, 4) is 6.07 Å². The van der Waals surface area contributed by atoms with Gasteiger partial charge in [0.1, 0.15) is 0 Å². The fraction of sp³-hybridized carbons (Fsp3) is 0.333. The molecule has 0 heterocycles. The topological polar surface area (TPSA) is 113 Å². The van der Waals surface area contributed by atoms with Crippen LogP contribution in [-0.2, 0) is 14.8 Å². The molecule has 1 aromatic carbocycles. The van der Waals surface area contributed by atoms with E-state index in [-0.39, 0.29) is 11.3 Å². The van der Waals surface area contributed by atoms with Gasteiger partial charge in [-0.25, -0.2) is 13.1 Å². The van der Waals surface area contributed by atoms with Gasteiger partial charge in [0.05, 0.1) is 16.5 Å². The van der Waals surface area contributed by atoms with E-state index in [1.165, 1.54) is 18.2 Å². The van der Waals surface area contributed by atoms with E-state index in [4.69, 9.17) is 11.0 Å². The number of nitriles is 1. The number of amides is 1. The first-order valence-electron chi connectivity index (χ1n) is 5.57. The van der Waals surface area contributed by atoms with Crippen LogP contribution in [0, 0.1) is 18.3 Å². The van der Waals surface area contributed by atoms with E-state index in [1.54, 1.807) is 13.8 Å². The van der Waals surface area contributed by atoms with Crippen LogP contribution >= 0.6 is 0 Å². The predicted octanol–water partition coefficient (Wildman–Crippen LogP) is 0.409. The Morgan fingerprint density at radius 2 is 2.16 bits per heavy atom. The van der Waals surface area contributed by atoms with Gasteiger partial charge >= 0.3 is 0 Å². The van der Waals surface area contributed by atoms with Gasteiger partial charge in [0.2, 0.25) is 15.9 Å². The van der Waals surface area contributed by atoms with Gasteiger partial charge in [0.25, 0.3) is 0 Å². The molecule has 6 nitrogen and oxygen atoms in total. The van der Waals surface area contributed by atoms with Gasteiger partial charge in [-0.2, -0.15) is 5.26 Å². The van der Waals surface area contributed by atoms with Crippen LogP contribution in [0.1, 0.15) is 24.5 Å². The minimum atomic E-state index is -3.72. The summed E-state index contributed by atoms with van der Waals surface area (Å²) in [7, 11) is -3.72. The second kappa shape index (κ2) is 5.82. The number of hydrogen-bond donors (Lipinski definition) is 2. The number of carbonyl (C=O) groups excluding carboxylic acids is 1. The second-order valence-corrected chi connectivity index (χ2v) is 6.00. The van der Waals surface area contributed by atoms with Crippen molar-refractivity contribution < 1.29 is 13.2 Å². The standard InChI is InChI=1S/C12H15N3O3S/c1-8-5-11(4-3-10(8)7-13)19(17,18)15-9(2)6-12(14)16/h3-5,9,15H,6H2,1-2H3,(H2,14,16). The van der Waals surface area contributed by atoms with Crippen LogP contribution in [0.25, 0.3) is 0 Å². The smallest absolute Gasteiger partial charge is 0.240 e. The van der Waals surface area contributed by atoms with Crippen LogP contribution in [0.4, 0.5) is 0 Å². The molecule has 1 atom stereocenters. The van der Waals surface area contributed by atoms with E-state index in [9.17, 15) is 13.2 Å². The lowest BCUT2D eigenvalue weighted by molar-refractivity contribution is -0.118. The first-order valence-corrected chi connectivity index (χ1v) is 7.06. The highest BCUT2D eigenvalue weighted by Gasteiger charge is 2.19. The van der Waals surface area contributed by atoms with E-state index >= 15 is 0 Å². The molecule has 1 amide bonds. The summed E-state index contributed by atoms with van der Waals surface area (Å²) >= 11 is 0. The number of primary amides is 1. The lowest BCUT2D eigenvalue weighted by Gasteiger charge is -2.13. The lowest BCUT2D eigenvalue weighted by Crippen LogP contribution is -2.35. The number of carbonyl (C=O) groups is 1. The molecule has 102 valence electrons. The lowest BCUT2D eigenvalue weighted by atomic mass is 10.1. The Bertz CT molecular complexity index is 632. The Labute approximate surface area is 112 Å². The minimum absolute atomic E-state index is 0.0559. The van der Waals surface area contributed by atoms with E-state index < -0.39 is 22.0 Å². The van der Waals surface area contributed by atoms with Gasteiger partial charge in [-0.05, 0) is 37.6 Å². The molecule has 19 heavy (non-hydrogen) atoms. The third-order valence-corrected chi connectivity index (χ3v) is 4.08. The molecule has 1 unspecified atom stereocenters. The van der Waals surface area contributed by atoms with Gasteiger partial charge in [-0.15, -0.1) is 0 Å². The molecule has 0 spiro atoms. The Hall–Kier alpha value is -1.91. The Kier molecular flexibility index (Phi) is 4.64. The van der Waals surface area contributed by atoms with Crippen molar-refractivity contribution in [3.05, 3.63) is 29.3 Å². The number of nitrogens with two attached hydrogens (primary N) is 1. The predicted molar refractivity (Wildman–Crippen MR) is 69.5 cm³/mol. The van der Waals surface area contributed by atoms with Crippen LogP contribution in [0.3, 0.4) is 0 Å². The molecule has 7 heteroatoms. The monoisotopic (exact) mass is 281 g/mol. The molecule has 0 aliphatic rings. The zero-order valence-corrected chi connectivity index (χ0v) is 11.5. The molecular formula is C12H15N3O3S. The Balaban J connectivity index is 2.98. The number of hydrogen-bond acceptors (Lipinski definition) is 4. The normalized spacial score (nSPS) is 12.7. The Morgan fingerprint density at radius 3 is 2.63 bits per heavy atom. The highest BCUT2D eigenvalue weighted by Crippen LogP contribution is 2.15. The average molecular weight is 281 g/mol. The van der Waals surface area contributed by atoms with Crippen molar-refractivity contribution in [2.24, 2.45) is 5.73 Å². The van der Waals surface area contributed by atoms with Crippen molar-refractivity contribution in [2.45, 2.75) is 31.2 Å². The summed E-state index contributed by atoms with van der Waals surface area (Å²) in [4.78, 5) is 10.8. The van der Waals surface area contributed by atoms with Crippen LogP contribution < -0.4 is 10.5 Å². The zero-order valence-electron chi connectivity index (χ0n) is 10.7. The molecule has 0 bridgehead atoms. The number of rotatable bonds is 5. The molecule has 0 aliphatic carbocycles. The molecule has 0 radical (unpaired) electrons. The second-order valence-electron chi connectivity index (χ2n) is 4.28. The molecular weight excluding hydrogens is 266 g/mol. The van der Waals surface area contributed by atoms with Crippen LogP contribution in [0.5, 0.6) is 0 Å². The molecule has 0 saturated carbocycles. The maximum absolute atomic E-state index is 12.0. The van der Waals surface area contributed by atoms with Crippen molar-refractivity contribution >= 4 is 15.9 Å². The molecule has 0 saturated heterocycles. The summed E-state index contributed by atoms with van der Waals surface area (Å²) in [5.74, 6) is -0.578. The van der Waals surface area contributed by atoms with Crippen LogP contribution in [0.2, 0.25) is 0 Å². The van der Waals surface area contributed by atoms with Crippen LogP contribution in [-0.4, -0.2) is 20.4 Å². The number of sulfonamides is 1. The van der Waals surface area contributed by atoms with Crippen molar-refractivity contribution in [1.29, 1.82) is 5.26 Å². The maximum atomic E-state index is 12.0. The van der Waals surface area contributed by atoms with Crippen LogP contribution in [0.15, 0.2) is 23.1 Å². The number of aryl methyl sites for hydroxylation is 1. The summed E-state index contributed by atoms with van der Waals surface area (Å²) in [5.41, 5.74) is 6.00. The van der Waals surface area contributed by atoms with E-state index in [2.05, 4.69) is 4.72 Å². The highest BCUT2D eigenvalue weighted by molar-refractivity contribution is 7.89. The quantitative estimate of drug-likeness (QED) is 0.813. The number of nitrogens with zero attached hydrogens (tertiary/aromatic N) is 1. The van der Waals surface area contributed by atoms with Crippen molar-refractivity contribution in [1.82, 2.24) is 4.72 Å². The molecule has 3 N–H and O–H groups in total. The summed E-state index contributed by atoms with van der Waals surface area (Å²) in [6.07, 6.45) is -0.0749. The first kappa shape index (κ1) is 15.1. The first-order chi connectivity index (χ1) is 8.76. The van der Waals surface area contributed by atoms with Crippen molar-refractivity contribution in [3.63, 3.8) is 0 Å². The van der Waals surface area contributed by atoms with Gasteiger partial charge < -0.3 is 5.73 Å². The minimum Gasteiger partial charge on any atom is -0.370 e.